The molecule has 2 rings (SSSR count). The van der Waals surface area contributed by atoms with Crippen molar-refractivity contribution in [2.24, 2.45) is 0 Å². The number of pyridine rings is 2. The number of aromatic nitrogens is 2. The van der Waals surface area contributed by atoms with Crippen LogP contribution in [0.1, 0.15) is 29.8 Å². The molecule has 0 aliphatic heterocycles. The number of aryl methyl sites for hydroxylation is 1. The smallest absolute Gasteiger partial charge is 0.338 e. The van der Waals surface area contributed by atoms with Crippen molar-refractivity contribution in [1.29, 1.82) is 0 Å². The normalized spacial score (nSPS) is 8.96. The molecular formula is C16H21ClN4O3. The maximum Gasteiger partial charge on any atom is 0.338 e. The minimum absolute atomic E-state index is 0. The number of nitrogens with zero attached hydrogens (tertiary/aromatic N) is 2. The Kier molecular flexibility index (Phi) is 9.74. The van der Waals surface area contributed by atoms with Crippen LogP contribution >= 0.6 is 12.4 Å². The Bertz CT molecular complexity index is 680. The number of carbonyl (C=O) groups is 2. The molecule has 1 amide bonds. The minimum atomic E-state index is -0.369. The van der Waals surface area contributed by atoms with Gasteiger partial charge in [0, 0.05) is 19.3 Å². The van der Waals surface area contributed by atoms with Gasteiger partial charge in [-0.1, -0.05) is 0 Å². The van der Waals surface area contributed by atoms with E-state index in [1.54, 1.807) is 19.2 Å². The minimum Gasteiger partial charge on any atom is -0.462 e. The molecule has 2 heterocycles. The van der Waals surface area contributed by atoms with Crippen LogP contribution in [0.3, 0.4) is 0 Å². The SMILES string of the molecule is CC(=O)Nc1cc(C)ccn1.CCOC(=O)c1ccnc(N)c1.Cl. The van der Waals surface area contributed by atoms with Gasteiger partial charge in [-0.05, 0) is 43.7 Å². The number of amides is 1. The first kappa shape index (κ1) is 21.3. The van der Waals surface area contributed by atoms with Gasteiger partial charge in [0.05, 0.1) is 12.2 Å². The fraction of sp³-hybridized carbons (Fsp3) is 0.250. The number of halogens is 1. The summed E-state index contributed by atoms with van der Waals surface area (Å²) in [4.78, 5) is 29.4. The molecule has 0 bridgehead atoms. The molecule has 0 atom stereocenters. The number of carbonyl (C=O) groups excluding carboxylic acids is 2. The molecule has 0 aliphatic carbocycles. The van der Waals surface area contributed by atoms with Crippen molar-refractivity contribution in [3.8, 4) is 0 Å². The van der Waals surface area contributed by atoms with Crippen molar-refractivity contribution in [2.75, 3.05) is 17.7 Å². The van der Waals surface area contributed by atoms with Gasteiger partial charge in [-0.25, -0.2) is 14.8 Å². The third-order valence-corrected chi connectivity index (χ3v) is 2.51. The number of ether oxygens (including phenoxy) is 1. The van der Waals surface area contributed by atoms with Crippen molar-refractivity contribution < 1.29 is 14.3 Å². The van der Waals surface area contributed by atoms with E-state index in [4.69, 9.17) is 10.5 Å². The summed E-state index contributed by atoms with van der Waals surface area (Å²) in [7, 11) is 0. The fourth-order valence-electron chi connectivity index (χ4n) is 1.57. The Morgan fingerprint density at radius 3 is 2.42 bits per heavy atom. The highest BCUT2D eigenvalue weighted by molar-refractivity contribution is 5.90. The van der Waals surface area contributed by atoms with E-state index in [1.165, 1.54) is 19.2 Å². The Morgan fingerprint density at radius 1 is 1.21 bits per heavy atom. The zero-order valence-corrected chi connectivity index (χ0v) is 14.6. The van der Waals surface area contributed by atoms with Crippen LogP contribution in [0.2, 0.25) is 0 Å². The number of rotatable bonds is 3. The molecule has 0 radical (unpaired) electrons. The molecule has 24 heavy (non-hydrogen) atoms. The molecule has 0 saturated carbocycles. The lowest BCUT2D eigenvalue weighted by Gasteiger charge is -2.00. The van der Waals surface area contributed by atoms with Crippen LogP contribution in [0.15, 0.2) is 36.7 Å². The number of esters is 1. The van der Waals surface area contributed by atoms with Gasteiger partial charge in [0.25, 0.3) is 0 Å². The van der Waals surface area contributed by atoms with E-state index in [0.717, 1.165) is 5.56 Å². The van der Waals surface area contributed by atoms with E-state index in [-0.39, 0.29) is 24.3 Å². The number of nitrogens with one attached hydrogen (secondary N) is 1. The molecule has 3 N–H and O–H groups in total. The molecule has 2 aromatic rings. The van der Waals surface area contributed by atoms with E-state index in [0.29, 0.717) is 23.8 Å². The van der Waals surface area contributed by atoms with Gasteiger partial charge >= 0.3 is 5.97 Å². The Hall–Kier alpha value is -2.67. The third-order valence-electron chi connectivity index (χ3n) is 2.51. The van der Waals surface area contributed by atoms with Gasteiger partial charge in [0.15, 0.2) is 0 Å². The van der Waals surface area contributed by atoms with Crippen LogP contribution in [0.5, 0.6) is 0 Å². The van der Waals surface area contributed by atoms with Crippen molar-refractivity contribution in [2.45, 2.75) is 20.8 Å². The molecule has 0 fully saturated rings. The Morgan fingerprint density at radius 2 is 1.88 bits per heavy atom. The molecule has 2 aromatic heterocycles. The lowest BCUT2D eigenvalue weighted by Crippen LogP contribution is -2.07. The van der Waals surface area contributed by atoms with E-state index in [2.05, 4.69) is 15.3 Å². The van der Waals surface area contributed by atoms with Gasteiger partial charge in [-0.15, -0.1) is 12.4 Å². The molecule has 0 aromatic carbocycles. The molecule has 7 nitrogen and oxygen atoms in total. The van der Waals surface area contributed by atoms with Crippen LogP contribution in [0.25, 0.3) is 0 Å². The van der Waals surface area contributed by atoms with Gasteiger partial charge in [0.1, 0.15) is 11.6 Å². The van der Waals surface area contributed by atoms with Crippen LogP contribution in [-0.4, -0.2) is 28.5 Å². The zero-order chi connectivity index (χ0) is 17.2. The predicted molar refractivity (Wildman–Crippen MR) is 95.1 cm³/mol. The zero-order valence-electron chi connectivity index (χ0n) is 13.8. The second kappa shape index (κ2) is 11.0. The summed E-state index contributed by atoms with van der Waals surface area (Å²) in [5.74, 6) is 0.466. The number of hydrogen-bond donors (Lipinski definition) is 2. The summed E-state index contributed by atoms with van der Waals surface area (Å²) in [6, 6.07) is 6.75. The second-order valence-corrected chi connectivity index (χ2v) is 4.59. The number of anilines is 2. The maximum atomic E-state index is 11.1. The quantitative estimate of drug-likeness (QED) is 0.822. The van der Waals surface area contributed by atoms with Crippen LogP contribution in [-0.2, 0) is 9.53 Å². The standard InChI is InChI=1S/C8H10N2O2.C8H10N2O.ClH/c1-2-12-8(11)6-3-4-10-7(9)5-6;1-6-3-4-9-8(5-6)10-7(2)11;/h3-5H,2H2,1H3,(H2,9,10);3-5H,1-2H3,(H,9,10,11);1H. The van der Waals surface area contributed by atoms with Crippen LogP contribution in [0.4, 0.5) is 11.6 Å². The third kappa shape index (κ3) is 8.09. The lowest BCUT2D eigenvalue weighted by molar-refractivity contribution is -0.114. The second-order valence-electron chi connectivity index (χ2n) is 4.59. The molecule has 0 saturated heterocycles. The largest absolute Gasteiger partial charge is 0.462 e. The van der Waals surface area contributed by atoms with Gasteiger partial charge in [-0.3, -0.25) is 4.79 Å². The highest BCUT2D eigenvalue weighted by Crippen LogP contribution is 2.05. The summed E-state index contributed by atoms with van der Waals surface area (Å²) in [5.41, 5.74) is 6.90. The molecule has 8 heteroatoms. The number of hydrogen-bond acceptors (Lipinski definition) is 6. The van der Waals surface area contributed by atoms with Crippen molar-refractivity contribution in [1.82, 2.24) is 9.97 Å². The highest BCUT2D eigenvalue weighted by atomic mass is 35.5. The van der Waals surface area contributed by atoms with E-state index in [1.807, 2.05) is 19.1 Å². The van der Waals surface area contributed by atoms with E-state index >= 15 is 0 Å². The van der Waals surface area contributed by atoms with Crippen molar-refractivity contribution >= 4 is 35.9 Å². The topological polar surface area (TPSA) is 107 Å². The Balaban J connectivity index is 0.000000425. The number of nitrogens with two attached hydrogens (primary N) is 1. The summed E-state index contributed by atoms with van der Waals surface area (Å²) >= 11 is 0. The first-order chi connectivity index (χ1) is 10.9. The predicted octanol–water partition coefficient (Wildman–Crippen LogP) is 2.61. The Labute approximate surface area is 147 Å². The highest BCUT2D eigenvalue weighted by Gasteiger charge is 2.05. The first-order valence-electron chi connectivity index (χ1n) is 7.01. The molecular weight excluding hydrogens is 332 g/mol. The average Bonchev–Trinajstić information content (AvgIpc) is 2.47. The summed E-state index contributed by atoms with van der Waals surface area (Å²) in [6.45, 7) is 5.53. The summed E-state index contributed by atoms with van der Waals surface area (Å²) < 4.78 is 4.76. The van der Waals surface area contributed by atoms with Crippen molar-refractivity contribution in [3.05, 3.63) is 47.8 Å². The fourth-order valence-corrected chi connectivity index (χ4v) is 1.57. The van der Waals surface area contributed by atoms with E-state index in [9.17, 15) is 9.59 Å². The summed E-state index contributed by atoms with van der Waals surface area (Å²) in [6.07, 6.45) is 3.14. The van der Waals surface area contributed by atoms with Crippen LogP contribution in [0, 0.1) is 6.92 Å². The molecule has 130 valence electrons. The number of nitrogen functional groups attached to an aromatic ring is 1. The molecule has 0 spiro atoms. The van der Waals surface area contributed by atoms with Gasteiger partial charge in [-0.2, -0.15) is 0 Å². The molecule has 0 aliphatic rings. The lowest BCUT2D eigenvalue weighted by atomic mass is 10.3. The van der Waals surface area contributed by atoms with Crippen LogP contribution < -0.4 is 11.1 Å². The van der Waals surface area contributed by atoms with E-state index < -0.39 is 0 Å². The molecule has 0 unspecified atom stereocenters. The van der Waals surface area contributed by atoms with Gasteiger partial charge in [0.2, 0.25) is 5.91 Å². The average molecular weight is 353 g/mol. The van der Waals surface area contributed by atoms with Gasteiger partial charge < -0.3 is 15.8 Å². The monoisotopic (exact) mass is 352 g/mol. The summed E-state index contributed by atoms with van der Waals surface area (Å²) in [5, 5.41) is 2.60. The maximum absolute atomic E-state index is 11.1. The first-order valence-corrected chi connectivity index (χ1v) is 7.01. The van der Waals surface area contributed by atoms with Crippen molar-refractivity contribution in [3.63, 3.8) is 0 Å².